The number of rotatable bonds is 4. The molecular formula is C18H17N3O. The van der Waals surface area contributed by atoms with Crippen LogP contribution in [0, 0.1) is 6.92 Å². The van der Waals surface area contributed by atoms with E-state index < -0.39 is 0 Å². The molecule has 0 bridgehead atoms. The molecule has 1 amide bonds. The molecule has 0 aliphatic rings. The number of fused-ring (bicyclic) bond motifs is 1. The third-order valence-electron chi connectivity index (χ3n) is 3.61. The Morgan fingerprint density at radius 1 is 1.18 bits per heavy atom. The van der Waals surface area contributed by atoms with Gasteiger partial charge in [0.25, 0.3) is 0 Å². The predicted octanol–water partition coefficient (Wildman–Crippen LogP) is 3.17. The van der Waals surface area contributed by atoms with Crippen LogP contribution >= 0.6 is 0 Å². The highest BCUT2D eigenvalue weighted by atomic mass is 16.2. The Morgan fingerprint density at radius 3 is 2.82 bits per heavy atom. The number of hydrogen-bond acceptors (Lipinski definition) is 2. The Hall–Kier alpha value is -2.88. The lowest BCUT2D eigenvalue weighted by Gasteiger charge is -2.00. The summed E-state index contributed by atoms with van der Waals surface area (Å²) < 4.78 is 0. The lowest BCUT2D eigenvalue weighted by atomic mass is 10.1. The third kappa shape index (κ3) is 3.06. The van der Waals surface area contributed by atoms with Crippen molar-refractivity contribution < 1.29 is 4.79 Å². The molecule has 2 N–H and O–H groups in total. The van der Waals surface area contributed by atoms with Crippen molar-refractivity contribution in [3.8, 4) is 0 Å². The fourth-order valence-electron chi connectivity index (χ4n) is 2.40. The zero-order valence-electron chi connectivity index (χ0n) is 12.3. The molecule has 1 aromatic heterocycles. The normalized spacial score (nSPS) is 11.1. The molecular weight excluding hydrogens is 274 g/mol. The van der Waals surface area contributed by atoms with Gasteiger partial charge in [0.15, 0.2) is 0 Å². The van der Waals surface area contributed by atoms with Gasteiger partial charge in [-0.15, -0.1) is 0 Å². The molecule has 0 radical (unpaired) electrons. The average molecular weight is 291 g/mol. The van der Waals surface area contributed by atoms with Crippen LogP contribution in [-0.4, -0.2) is 17.1 Å². The Morgan fingerprint density at radius 2 is 1.95 bits per heavy atom. The minimum Gasteiger partial charge on any atom is -0.361 e. The number of carbonyl (C=O) groups excluding carboxylic acids is 1. The molecule has 0 aliphatic carbocycles. The van der Waals surface area contributed by atoms with Crippen LogP contribution in [0.1, 0.15) is 16.7 Å². The minimum atomic E-state index is -0.130. The summed E-state index contributed by atoms with van der Waals surface area (Å²) in [5.41, 5.74) is 6.70. The average Bonchev–Trinajstić information content (AvgIpc) is 2.92. The molecule has 4 heteroatoms. The van der Waals surface area contributed by atoms with Gasteiger partial charge in [0, 0.05) is 17.1 Å². The first-order chi connectivity index (χ1) is 10.7. The number of aromatic nitrogens is 1. The summed E-state index contributed by atoms with van der Waals surface area (Å²) in [6, 6.07) is 15.8. The van der Waals surface area contributed by atoms with Crippen LogP contribution in [0.15, 0.2) is 59.8 Å². The predicted molar refractivity (Wildman–Crippen MR) is 88.9 cm³/mol. The van der Waals surface area contributed by atoms with Crippen LogP contribution in [0.2, 0.25) is 0 Å². The maximum atomic E-state index is 12.0. The molecule has 0 saturated carbocycles. The molecule has 0 unspecified atom stereocenters. The summed E-state index contributed by atoms with van der Waals surface area (Å²) in [7, 11) is 0. The highest BCUT2D eigenvalue weighted by molar-refractivity contribution is 5.89. The largest absolute Gasteiger partial charge is 0.361 e. The van der Waals surface area contributed by atoms with Gasteiger partial charge in [-0.1, -0.05) is 42.5 Å². The lowest BCUT2D eigenvalue weighted by molar-refractivity contribution is -0.120. The maximum Gasteiger partial charge on any atom is 0.244 e. The zero-order chi connectivity index (χ0) is 15.4. The van der Waals surface area contributed by atoms with Gasteiger partial charge in [0.2, 0.25) is 5.91 Å². The van der Waals surface area contributed by atoms with Gasteiger partial charge in [0.05, 0.1) is 12.6 Å². The molecule has 110 valence electrons. The van der Waals surface area contributed by atoms with Crippen molar-refractivity contribution in [2.45, 2.75) is 13.3 Å². The monoisotopic (exact) mass is 291 g/mol. The van der Waals surface area contributed by atoms with Crippen LogP contribution in [0.25, 0.3) is 10.9 Å². The number of nitrogens with zero attached hydrogens (tertiary/aromatic N) is 1. The number of nitrogens with one attached hydrogen (secondary N) is 2. The summed E-state index contributed by atoms with van der Waals surface area (Å²) in [5.74, 6) is -0.130. The van der Waals surface area contributed by atoms with Crippen LogP contribution in [0.5, 0.6) is 0 Å². The fourth-order valence-corrected chi connectivity index (χ4v) is 2.40. The van der Waals surface area contributed by atoms with Crippen molar-refractivity contribution in [3.05, 3.63) is 71.4 Å². The molecule has 4 nitrogen and oxygen atoms in total. The van der Waals surface area contributed by atoms with Gasteiger partial charge in [-0.3, -0.25) is 4.79 Å². The van der Waals surface area contributed by atoms with Gasteiger partial charge >= 0.3 is 0 Å². The third-order valence-corrected chi connectivity index (χ3v) is 3.61. The zero-order valence-corrected chi connectivity index (χ0v) is 12.3. The standard InChI is InChI=1S/C18H17N3O/c1-13-6-2-3-7-14(13)12-20-21-18(22)10-15-11-19-17-9-5-4-8-16(15)17/h2-9,11-12,19H,10H2,1H3,(H,21,22)/b20-12-. The van der Waals surface area contributed by atoms with Gasteiger partial charge in [0.1, 0.15) is 0 Å². The summed E-state index contributed by atoms with van der Waals surface area (Å²) in [4.78, 5) is 15.2. The Kier molecular flexibility index (Phi) is 4.01. The smallest absolute Gasteiger partial charge is 0.244 e. The number of aromatic amines is 1. The Balaban J connectivity index is 1.65. The van der Waals surface area contributed by atoms with E-state index >= 15 is 0 Å². The molecule has 0 atom stereocenters. The van der Waals surface area contributed by atoms with Gasteiger partial charge in [-0.25, -0.2) is 5.43 Å². The summed E-state index contributed by atoms with van der Waals surface area (Å²) in [6.07, 6.45) is 3.84. The van der Waals surface area contributed by atoms with Crippen molar-refractivity contribution in [3.63, 3.8) is 0 Å². The van der Waals surface area contributed by atoms with E-state index in [0.29, 0.717) is 6.42 Å². The SMILES string of the molecule is Cc1ccccc1/C=N\NC(=O)Cc1c[nH]c2ccccc12. The number of aryl methyl sites for hydroxylation is 1. The second-order valence-corrected chi connectivity index (χ2v) is 5.19. The molecule has 22 heavy (non-hydrogen) atoms. The van der Waals surface area contributed by atoms with Crippen LogP contribution in [0.3, 0.4) is 0 Å². The minimum absolute atomic E-state index is 0.130. The van der Waals surface area contributed by atoms with Crippen molar-refractivity contribution in [1.82, 2.24) is 10.4 Å². The van der Waals surface area contributed by atoms with Gasteiger partial charge in [-0.2, -0.15) is 5.10 Å². The number of H-pyrrole nitrogens is 1. The number of carbonyl (C=O) groups is 1. The first-order valence-electron chi connectivity index (χ1n) is 7.16. The first kappa shape index (κ1) is 14.1. The molecule has 3 rings (SSSR count). The second-order valence-electron chi connectivity index (χ2n) is 5.19. The molecule has 0 aliphatic heterocycles. The van der Waals surface area contributed by atoms with E-state index in [1.807, 2.05) is 61.7 Å². The van der Waals surface area contributed by atoms with E-state index in [-0.39, 0.29) is 5.91 Å². The molecule has 0 fully saturated rings. The molecule has 0 saturated heterocycles. The van der Waals surface area contributed by atoms with Crippen molar-refractivity contribution in [2.24, 2.45) is 5.10 Å². The molecule has 3 aromatic rings. The first-order valence-corrected chi connectivity index (χ1v) is 7.16. The topological polar surface area (TPSA) is 57.2 Å². The van der Waals surface area contributed by atoms with E-state index in [1.165, 1.54) is 0 Å². The summed E-state index contributed by atoms with van der Waals surface area (Å²) >= 11 is 0. The summed E-state index contributed by atoms with van der Waals surface area (Å²) in [6.45, 7) is 2.01. The van der Waals surface area contributed by atoms with E-state index in [9.17, 15) is 4.79 Å². The molecule has 1 heterocycles. The molecule has 2 aromatic carbocycles. The van der Waals surface area contributed by atoms with Crippen LogP contribution in [0.4, 0.5) is 0 Å². The van der Waals surface area contributed by atoms with Gasteiger partial charge < -0.3 is 4.98 Å². The van der Waals surface area contributed by atoms with Crippen LogP contribution in [-0.2, 0) is 11.2 Å². The van der Waals surface area contributed by atoms with Crippen molar-refractivity contribution in [2.75, 3.05) is 0 Å². The fraction of sp³-hybridized carbons (Fsp3) is 0.111. The quantitative estimate of drug-likeness (QED) is 0.563. The Bertz CT molecular complexity index is 833. The van der Waals surface area contributed by atoms with Gasteiger partial charge in [-0.05, 0) is 29.7 Å². The van der Waals surface area contributed by atoms with E-state index in [1.54, 1.807) is 6.21 Å². The lowest BCUT2D eigenvalue weighted by Crippen LogP contribution is -2.19. The van der Waals surface area contributed by atoms with E-state index in [4.69, 9.17) is 0 Å². The second kappa shape index (κ2) is 6.26. The maximum absolute atomic E-state index is 12.0. The molecule has 0 spiro atoms. The van der Waals surface area contributed by atoms with Crippen LogP contribution < -0.4 is 5.43 Å². The number of amides is 1. The van der Waals surface area contributed by atoms with Crippen molar-refractivity contribution in [1.29, 1.82) is 0 Å². The van der Waals surface area contributed by atoms with Crippen molar-refractivity contribution >= 4 is 23.0 Å². The number of hydrazone groups is 1. The number of hydrogen-bond donors (Lipinski definition) is 2. The Labute approximate surface area is 128 Å². The summed E-state index contributed by atoms with van der Waals surface area (Å²) in [5, 5.41) is 5.10. The highest BCUT2D eigenvalue weighted by Gasteiger charge is 2.07. The number of benzene rings is 2. The highest BCUT2D eigenvalue weighted by Crippen LogP contribution is 2.17. The van der Waals surface area contributed by atoms with E-state index in [0.717, 1.165) is 27.6 Å². The number of para-hydroxylation sites is 1. The van der Waals surface area contributed by atoms with E-state index in [2.05, 4.69) is 15.5 Å².